The largest absolute Gasteiger partial charge is 0.223 e. The van der Waals surface area contributed by atoms with Crippen molar-refractivity contribution in [1.29, 1.82) is 0 Å². The molecule has 0 atom stereocenters. The zero-order chi connectivity index (χ0) is 11.8. The summed E-state index contributed by atoms with van der Waals surface area (Å²) in [5.41, 5.74) is 1.55. The Labute approximate surface area is 93.9 Å². The molecule has 0 aliphatic rings. The molecule has 1 aromatic heterocycles. The highest BCUT2D eigenvalue weighted by Crippen LogP contribution is 2.25. The fourth-order valence-electron chi connectivity index (χ4n) is 1.48. The van der Waals surface area contributed by atoms with E-state index >= 15 is 0 Å². The van der Waals surface area contributed by atoms with Crippen molar-refractivity contribution in [3.05, 3.63) is 42.2 Å². The Morgan fingerprint density at radius 3 is 2.50 bits per heavy atom. The summed E-state index contributed by atoms with van der Waals surface area (Å²) >= 11 is 0. The molecule has 0 aliphatic carbocycles. The average molecular weight is 219 g/mol. The predicted octanol–water partition coefficient (Wildman–Crippen LogP) is 2.70. The van der Waals surface area contributed by atoms with Gasteiger partial charge in [0.2, 0.25) is 0 Å². The molecule has 1 aromatic carbocycles. The van der Waals surface area contributed by atoms with Gasteiger partial charge in [-0.2, -0.15) is 5.10 Å². The van der Waals surface area contributed by atoms with Crippen LogP contribution in [0.5, 0.6) is 0 Å². The molecular formula is C12H14FN3. The lowest BCUT2D eigenvalue weighted by Crippen LogP contribution is -2.12. The van der Waals surface area contributed by atoms with E-state index in [4.69, 9.17) is 0 Å². The maximum Gasteiger partial charge on any atom is 0.138 e. The summed E-state index contributed by atoms with van der Waals surface area (Å²) in [4.78, 5) is 3.85. The number of aromatic nitrogens is 3. The summed E-state index contributed by atoms with van der Waals surface area (Å²) in [6, 6.07) is 4.93. The highest BCUT2D eigenvalue weighted by atomic mass is 19.1. The van der Waals surface area contributed by atoms with Crippen LogP contribution in [0.2, 0.25) is 0 Å². The van der Waals surface area contributed by atoms with Gasteiger partial charge in [-0.3, -0.25) is 0 Å². The summed E-state index contributed by atoms with van der Waals surface area (Å²) in [7, 11) is 0. The minimum atomic E-state index is -0.252. The van der Waals surface area contributed by atoms with Crippen LogP contribution in [-0.4, -0.2) is 14.8 Å². The Balaban J connectivity index is 2.53. The van der Waals surface area contributed by atoms with Crippen LogP contribution < -0.4 is 0 Å². The molecule has 3 nitrogen and oxygen atoms in total. The van der Waals surface area contributed by atoms with E-state index in [2.05, 4.69) is 10.1 Å². The van der Waals surface area contributed by atoms with Crippen molar-refractivity contribution in [1.82, 2.24) is 14.8 Å². The SMILES string of the molecule is CC(C)(C)c1cc(F)cc(-n2cncn2)c1. The summed E-state index contributed by atoms with van der Waals surface area (Å²) in [5, 5.41) is 3.99. The van der Waals surface area contributed by atoms with Gasteiger partial charge in [0.25, 0.3) is 0 Å². The van der Waals surface area contributed by atoms with Gasteiger partial charge < -0.3 is 0 Å². The van der Waals surface area contributed by atoms with Gasteiger partial charge in [-0.25, -0.2) is 14.1 Å². The standard InChI is InChI=1S/C12H14FN3/c1-12(2,3)9-4-10(13)6-11(5-9)16-8-14-7-15-16/h4-8H,1-3H3. The zero-order valence-electron chi connectivity index (χ0n) is 9.61. The second-order valence-electron chi connectivity index (χ2n) is 4.79. The van der Waals surface area contributed by atoms with Crippen molar-refractivity contribution in [2.24, 2.45) is 0 Å². The number of nitrogens with zero attached hydrogens (tertiary/aromatic N) is 3. The Bertz CT molecular complexity index is 483. The highest BCUT2D eigenvalue weighted by molar-refractivity contribution is 5.38. The molecule has 0 N–H and O–H groups in total. The maximum absolute atomic E-state index is 13.5. The van der Waals surface area contributed by atoms with Crippen molar-refractivity contribution in [2.45, 2.75) is 26.2 Å². The summed E-state index contributed by atoms with van der Waals surface area (Å²) in [6.45, 7) is 6.15. The van der Waals surface area contributed by atoms with E-state index < -0.39 is 0 Å². The topological polar surface area (TPSA) is 30.7 Å². The molecule has 16 heavy (non-hydrogen) atoms. The van der Waals surface area contributed by atoms with Crippen LogP contribution in [0.1, 0.15) is 26.3 Å². The second-order valence-corrected chi connectivity index (χ2v) is 4.79. The van der Waals surface area contributed by atoms with E-state index in [9.17, 15) is 4.39 Å². The molecule has 84 valence electrons. The number of hydrogen-bond donors (Lipinski definition) is 0. The van der Waals surface area contributed by atoms with Crippen LogP contribution in [-0.2, 0) is 5.41 Å². The third kappa shape index (κ3) is 2.10. The Kier molecular flexibility index (Phi) is 2.50. The molecular weight excluding hydrogens is 205 g/mol. The summed E-state index contributed by atoms with van der Waals surface area (Å²) < 4.78 is 15.0. The van der Waals surface area contributed by atoms with Gasteiger partial charge in [0.15, 0.2) is 0 Å². The van der Waals surface area contributed by atoms with Crippen LogP contribution in [0, 0.1) is 5.82 Å². The van der Waals surface area contributed by atoms with E-state index in [0.29, 0.717) is 5.69 Å². The molecule has 1 heterocycles. The van der Waals surface area contributed by atoms with Gasteiger partial charge in [0, 0.05) is 0 Å². The normalized spacial score (nSPS) is 11.8. The van der Waals surface area contributed by atoms with Gasteiger partial charge in [-0.05, 0) is 29.2 Å². The molecule has 4 heteroatoms. The van der Waals surface area contributed by atoms with Gasteiger partial charge in [-0.1, -0.05) is 20.8 Å². The zero-order valence-corrected chi connectivity index (χ0v) is 9.61. The third-order valence-electron chi connectivity index (χ3n) is 2.43. The van der Waals surface area contributed by atoms with E-state index in [0.717, 1.165) is 5.56 Å². The Morgan fingerprint density at radius 2 is 1.94 bits per heavy atom. The minimum Gasteiger partial charge on any atom is -0.223 e. The van der Waals surface area contributed by atoms with Crippen LogP contribution in [0.4, 0.5) is 4.39 Å². The van der Waals surface area contributed by atoms with Crippen LogP contribution in [0.25, 0.3) is 5.69 Å². The summed E-state index contributed by atoms with van der Waals surface area (Å²) in [5.74, 6) is -0.252. The van der Waals surface area contributed by atoms with E-state index in [1.807, 2.05) is 26.8 Å². The molecule has 0 spiro atoms. The Morgan fingerprint density at radius 1 is 1.19 bits per heavy atom. The quantitative estimate of drug-likeness (QED) is 0.738. The first-order valence-corrected chi connectivity index (χ1v) is 5.13. The minimum absolute atomic E-state index is 0.0859. The van der Waals surface area contributed by atoms with Crippen molar-refractivity contribution in [3.8, 4) is 5.69 Å². The Hall–Kier alpha value is -1.71. The lowest BCUT2D eigenvalue weighted by Gasteiger charge is -2.19. The van der Waals surface area contributed by atoms with Crippen LogP contribution >= 0.6 is 0 Å². The second kappa shape index (κ2) is 3.70. The molecule has 0 bridgehead atoms. The lowest BCUT2D eigenvalue weighted by molar-refractivity contribution is 0.570. The monoisotopic (exact) mass is 219 g/mol. The van der Waals surface area contributed by atoms with Crippen molar-refractivity contribution < 1.29 is 4.39 Å². The van der Waals surface area contributed by atoms with Crippen LogP contribution in [0.15, 0.2) is 30.9 Å². The van der Waals surface area contributed by atoms with E-state index in [1.165, 1.54) is 12.4 Å². The smallest absolute Gasteiger partial charge is 0.138 e. The van der Waals surface area contributed by atoms with E-state index in [1.54, 1.807) is 17.1 Å². The first-order chi connectivity index (χ1) is 7.47. The van der Waals surface area contributed by atoms with E-state index in [-0.39, 0.29) is 11.2 Å². The number of halogens is 1. The highest BCUT2D eigenvalue weighted by Gasteiger charge is 2.16. The number of rotatable bonds is 1. The lowest BCUT2D eigenvalue weighted by atomic mass is 9.87. The maximum atomic E-state index is 13.5. The number of hydrogen-bond acceptors (Lipinski definition) is 2. The van der Waals surface area contributed by atoms with Crippen LogP contribution in [0.3, 0.4) is 0 Å². The summed E-state index contributed by atoms with van der Waals surface area (Å²) in [6.07, 6.45) is 2.99. The first kappa shape index (κ1) is 10.8. The van der Waals surface area contributed by atoms with Crippen molar-refractivity contribution in [3.63, 3.8) is 0 Å². The van der Waals surface area contributed by atoms with Crippen molar-refractivity contribution >= 4 is 0 Å². The van der Waals surface area contributed by atoms with Crippen molar-refractivity contribution in [2.75, 3.05) is 0 Å². The molecule has 0 radical (unpaired) electrons. The molecule has 2 rings (SSSR count). The van der Waals surface area contributed by atoms with Gasteiger partial charge in [0.1, 0.15) is 18.5 Å². The number of benzene rings is 1. The third-order valence-corrected chi connectivity index (χ3v) is 2.43. The molecule has 0 amide bonds. The fourth-order valence-corrected chi connectivity index (χ4v) is 1.48. The molecule has 0 aliphatic heterocycles. The van der Waals surface area contributed by atoms with Gasteiger partial charge in [-0.15, -0.1) is 0 Å². The molecule has 0 saturated carbocycles. The van der Waals surface area contributed by atoms with Gasteiger partial charge in [0.05, 0.1) is 5.69 Å². The molecule has 0 fully saturated rings. The fraction of sp³-hybridized carbons (Fsp3) is 0.333. The molecule has 0 saturated heterocycles. The molecule has 0 unspecified atom stereocenters. The molecule has 2 aromatic rings. The average Bonchev–Trinajstić information content (AvgIpc) is 2.68. The predicted molar refractivity (Wildman–Crippen MR) is 60.0 cm³/mol. The first-order valence-electron chi connectivity index (χ1n) is 5.13. The van der Waals surface area contributed by atoms with Gasteiger partial charge >= 0.3 is 0 Å².